The second-order valence-electron chi connectivity index (χ2n) is 7.09. The fraction of sp³-hybridized carbons (Fsp3) is 0.286. The van der Waals surface area contributed by atoms with Crippen molar-refractivity contribution in [2.24, 2.45) is 5.92 Å². The fourth-order valence-corrected chi connectivity index (χ4v) is 3.54. The zero-order chi connectivity index (χ0) is 22.8. The average Bonchev–Trinajstić information content (AvgIpc) is 3.26. The lowest BCUT2D eigenvalue weighted by atomic mass is 10.1. The van der Waals surface area contributed by atoms with Gasteiger partial charge in [-0.05, 0) is 35.9 Å². The topological polar surface area (TPSA) is 76.8 Å². The number of thioether (sulfide) groups is 1. The Labute approximate surface area is 180 Å². The minimum absolute atomic E-state index is 0.00772. The quantitative estimate of drug-likeness (QED) is 0.442. The Morgan fingerprint density at radius 1 is 1.19 bits per heavy atom. The van der Waals surface area contributed by atoms with Crippen molar-refractivity contribution in [3.05, 3.63) is 52.6 Å². The Kier molecular flexibility index (Phi) is 6.59. The van der Waals surface area contributed by atoms with E-state index in [-0.39, 0.29) is 34.5 Å². The van der Waals surface area contributed by atoms with Crippen LogP contribution in [0.15, 0.2) is 45.7 Å². The van der Waals surface area contributed by atoms with Gasteiger partial charge in [0.15, 0.2) is 0 Å². The molecule has 1 saturated heterocycles. The molecular weight excluding hydrogens is 435 g/mol. The molecule has 2 heterocycles. The summed E-state index contributed by atoms with van der Waals surface area (Å²) in [6.07, 6.45) is -3.31. The van der Waals surface area contributed by atoms with Crippen LogP contribution in [-0.2, 0) is 20.5 Å². The molecule has 0 atom stereocenters. The van der Waals surface area contributed by atoms with E-state index in [4.69, 9.17) is 9.15 Å². The lowest BCUT2D eigenvalue weighted by Gasteiger charge is -2.12. The number of amides is 2. The number of halogens is 3. The average molecular weight is 453 g/mol. The van der Waals surface area contributed by atoms with Crippen LogP contribution >= 0.6 is 11.8 Å². The highest BCUT2D eigenvalue weighted by molar-refractivity contribution is 8.18. The molecule has 31 heavy (non-hydrogen) atoms. The summed E-state index contributed by atoms with van der Waals surface area (Å²) in [5.41, 5.74) is -0.994. The first-order chi connectivity index (χ1) is 14.6. The van der Waals surface area contributed by atoms with Crippen molar-refractivity contribution < 1.29 is 36.7 Å². The highest BCUT2D eigenvalue weighted by Crippen LogP contribution is 2.38. The van der Waals surface area contributed by atoms with Gasteiger partial charge in [0.25, 0.3) is 11.1 Å². The molecule has 1 aromatic carbocycles. The number of benzene rings is 1. The lowest BCUT2D eigenvalue weighted by molar-refractivity contribution is -0.147. The van der Waals surface area contributed by atoms with Crippen LogP contribution in [0.2, 0.25) is 0 Å². The molecule has 0 N–H and O–H groups in total. The first-order valence-electron chi connectivity index (χ1n) is 9.23. The molecule has 3 rings (SSSR count). The number of carbonyl (C=O) groups excluding carboxylic acids is 3. The Hall–Kier alpha value is -3.01. The molecule has 164 valence electrons. The first-order valence-corrected chi connectivity index (χ1v) is 10.1. The second kappa shape index (κ2) is 9.01. The number of carbonyl (C=O) groups is 3. The molecule has 0 radical (unpaired) electrons. The SMILES string of the molecule is CC(C)COC(=O)CN1C(=O)S/C(=C/c2ccc(-c3ccccc3C(F)(F)F)o2)C1=O. The van der Waals surface area contributed by atoms with Crippen molar-refractivity contribution in [3.63, 3.8) is 0 Å². The number of imide groups is 1. The van der Waals surface area contributed by atoms with Gasteiger partial charge >= 0.3 is 12.1 Å². The lowest BCUT2D eigenvalue weighted by Crippen LogP contribution is -2.34. The Morgan fingerprint density at radius 3 is 2.58 bits per heavy atom. The summed E-state index contributed by atoms with van der Waals surface area (Å²) >= 11 is 0.606. The number of rotatable bonds is 6. The summed E-state index contributed by atoms with van der Waals surface area (Å²) < 4.78 is 50.1. The van der Waals surface area contributed by atoms with Gasteiger partial charge < -0.3 is 9.15 Å². The molecule has 6 nitrogen and oxygen atoms in total. The fourth-order valence-electron chi connectivity index (χ4n) is 2.72. The molecular formula is C21H18F3NO5S. The minimum atomic E-state index is -4.56. The third-order valence-corrected chi connectivity index (χ3v) is 5.04. The van der Waals surface area contributed by atoms with Crippen LogP contribution in [0.4, 0.5) is 18.0 Å². The molecule has 2 amide bonds. The molecule has 0 unspecified atom stereocenters. The standard InChI is InChI=1S/C21H18F3NO5S/c1-12(2)11-29-18(26)10-25-19(27)17(31-20(25)28)9-13-7-8-16(30-13)14-5-3-4-6-15(14)21(22,23)24/h3-9,12H,10-11H2,1-2H3/b17-9+. The third kappa shape index (κ3) is 5.38. The molecule has 0 spiro atoms. The molecule has 2 aromatic rings. The third-order valence-electron chi connectivity index (χ3n) is 4.14. The van der Waals surface area contributed by atoms with Crippen LogP contribution in [0, 0.1) is 5.92 Å². The maximum Gasteiger partial charge on any atom is 0.417 e. The van der Waals surface area contributed by atoms with Crippen molar-refractivity contribution in [1.29, 1.82) is 0 Å². The zero-order valence-corrected chi connectivity index (χ0v) is 17.4. The molecule has 0 bridgehead atoms. The van der Waals surface area contributed by atoms with Gasteiger partial charge in [0.2, 0.25) is 0 Å². The summed E-state index contributed by atoms with van der Waals surface area (Å²) in [6.45, 7) is 3.35. The molecule has 1 aliphatic rings. The maximum absolute atomic E-state index is 13.2. The Morgan fingerprint density at radius 2 is 1.90 bits per heavy atom. The van der Waals surface area contributed by atoms with Crippen LogP contribution in [0.25, 0.3) is 17.4 Å². The summed E-state index contributed by atoms with van der Waals surface area (Å²) in [6, 6.07) is 7.70. The van der Waals surface area contributed by atoms with E-state index in [1.807, 2.05) is 13.8 Å². The van der Waals surface area contributed by atoms with E-state index in [1.54, 1.807) is 0 Å². The molecule has 1 fully saturated rings. The van der Waals surface area contributed by atoms with Gasteiger partial charge in [-0.1, -0.05) is 32.0 Å². The van der Waals surface area contributed by atoms with Gasteiger partial charge in [-0.15, -0.1) is 0 Å². The number of alkyl halides is 3. The number of ether oxygens (including phenoxy) is 1. The predicted octanol–water partition coefficient (Wildman–Crippen LogP) is 5.20. The predicted molar refractivity (Wildman–Crippen MR) is 108 cm³/mol. The second-order valence-corrected chi connectivity index (χ2v) is 8.08. The normalized spacial score (nSPS) is 15.9. The summed E-state index contributed by atoms with van der Waals surface area (Å²) in [7, 11) is 0. The summed E-state index contributed by atoms with van der Waals surface area (Å²) in [5.74, 6) is -1.24. The van der Waals surface area contributed by atoms with Crippen molar-refractivity contribution in [2.75, 3.05) is 13.2 Å². The monoisotopic (exact) mass is 453 g/mol. The van der Waals surface area contributed by atoms with E-state index in [1.165, 1.54) is 36.4 Å². The van der Waals surface area contributed by atoms with Crippen molar-refractivity contribution in [3.8, 4) is 11.3 Å². The number of hydrogen-bond acceptors (Lipinski definition) is 6. The van der Waals surface area contributed by atoms with Crippen molar-refractivity contribution in [1.82, 2.24) is 4.90 Å². The van der Waals surface area contributed by atoms with Crippen LogP contribution in [-0.4, -0.2) is 35.2 Å². The van der Waals surface area contributed by atoms with Gasteiger partial charge in [-0.3, -0.25) is 19.3 Å². The zero-order valence-electron chi connectivity index (χ0n) is 16.6. The van der Waals surface area contributed by atoms with Gasteiger partial charge in [0.05, 0.1) is 17.1 Å². The van der Waals surface area contributed by atoms with Crippen LogP contribution in [0.5, 0.6) is 0 Å². The Balaban J connectivity index is 1.77. The van der Waals surface area contributed by atoms with Gasteiger partial charge in [0.1, 0.15) is 18.1 Å². The molecule has 1 aliphatic heterocycles. The van der Waals surface area contributed by atoms with E-state index in [2.05, 4.69) is 0 Å². The number of esters is 1. The van der Waals surface area contributed by atoms with Crippen LogP contribution in [0.3, 0.4) is 0 Å². The van der Waals surface area contributed by atoms with E-state index >= 15 is 0 Å². The Bertz CT molecular complexity index is 1040. The van der Waals surface area contributed by atoms with Crippen molar-refractivity contribution >= 4 is 35.0 Å². The smallest absolute Gasteiger partial charge is 0.417 e. The maximum atomic E-state index is 13.2. The molecule has 1 aromatic heterocycles. The number of nitrogens with zero attached hydrogens (tertiary/aromatic N) is 1. The largest absolute Gasteiger partial charge is 0.464 e. The van der Waals surface area contributed by atoms with Gasteiger partial charge in [0, 0.05) is 11.6 Å². The highest BCUT2D eigenvalue weighted by Gasteiger charge is 2.37. The van der Waals surface area contributed by atoms with Crippen molar-refractivity contribution in [2.45, 2.75) is 20.0 Å². The van der Waals surface area contributed by atoms with Crippen LogP contribution < -0.4 is 0 Å². The van der Waals surface area contributed by atoms with E-state index in [9.17, 15) is 27.6 Å². The highest BCUT2D eigenvalue weighted by atomic mass is 32.2. The van der Waals surface area contributed by atoms with E-state index in [0.29, 0.717) is 11.8 Å². The molecule has 0 saturated carbocycles. The van der Waals surface area contributed by atoms with Crippen LogP contribution in [0.1, 0.15) is 25.2 Å². The molecule has 0 aliphatic carbocycles. The van der Waals surface area contributed by atoms with E-state index in [0.717, 1.165) is 11.0 Å². The first kappa shape index (κ1) is 22.7. The summed E-state index contributed by atoms with van der Waals surface area (Å²) in [5, 5.41) is -0.646. The number of hydrogen-bond donors (Lipinski definition) is 0. The minimum Gasteiger partial charge on any atom is -0.464 e. The van der Waals surface area contributed by atoms with Gasteiger partial charge in [-0.2, -0.15) is 13.2 Å². The van der Waals surface area contributed by atoms with Gasteiger partial charge in [-0.25, -0.2) is 0 Å². The summed E-state index contributed by atoms with van der Waals surface area (Å²) in [4.78, 5) is 37.1. The molecule has 10 heteroatoms. The number of furan rings is 1. The van der Waals surface area contributed by atoms with E-state index < -0.39 is 35.4 Å².